The molecule has 1 unspecified atom stereocenters. The molecule has 0 spiro atoms. The Labute approximate surface area is 183 Å². The molecule has 162 valence electrons. The first kappa shape index (κ1) is 22.5. The molecular weight excluding hydrogens is 416 g/mol. The summed E-state index contributed by atoms with van der Waals surface area (Å²) in [6.07, 6.45) is 1.51. The number of hydrogen-bond donors (Lipinski definition) is 2. The van der Waals surface area contributed by atoms with Gasteiger partial charge in [-0.3, -0.25) is 19.3 Å². The van der Waals surface area contributed by atoms with E-state index in [1.807, 2.05) is 39.0 Å². The van der Waals surface area contributed by atoms with Crippen LogP contribution < -0.4 is 10.8 Å². The van der Waals surface area contributed by atoms with Crippen molar-refractivity contribution in [2.24, 2.45) is 0 Å². The van der Waals surface area contributed by atoms with Crippen LogP contribution in [0.15, 0.2) is 60.8 Å². The number of aromatic nitrogens is 2. The van der Waals surface area contributed by atoms with E-state index in [-0.39, 0.29) is 17.5 Å². The first-order valence-corrected chi connectivity index (χ1v) is 10.8. The predicted molar refractivity (Wildman–Crippen MR) is 119 cm³/mol. The summed E-state index contributed by atoms with van der Waals surface area (Å²) in [5.74, 6) is -0.309. The van der Waals surface area contributed by atoms with Crippen molar-refractivity contribution in [2.45, 2.75) is 32.1 Å². The molecule has 0 aliphatic carbocycles. The van der Waals surface area contributed by atoms with E-state index in [1.54, 1.807) is 36.4 Å². The number of amides is 1. The van der Waals surface area contributed by atoms with Gasteiger partial charge in [-0.15, -0.1) is 0 Å². The lowest BCUT2D eigenvalue weighted by molar-refractivity contribution is 0.0376. The Morgan fingerprint density at radius 2 is 1.74 bits per heavy atom. The lowest BCUT2D eigenvalue weighted by Gasteiger charge is -2.21. The molecule has 1 amide bonds. The van der Waals surface area contributed by atoms with Crippen LogP contribution in [-0.4, -0.2) is 30.2 Å². The van der Waals surface area contributed by atoms with Crippen molar-refractivity contribution in [3.63, 3.8) is 0 Å². The van der Waals surface area contributed by atoms with Crippen LogP contribution in [0.2, 0.25) is 0 Å². The van der Waals surface area contributed by atoms with Crippen molar-refractivity contribution >= 4 is 28.4 Å². The largest absolute Gasteiger partial charge is 0.772 e. The fourth-order valence-electron chi connectivity index (χ4n) is 2.61. The summed E-state index contributed by atoms with van der Waals surface area (Å²) in [5, 5.41) is 2.88. The van der Waals surface area contributed by atoms with Crippen LogP contribution in [0.4, 0.5) is 11.4 Å². The van der Waals surface area contributed by atoms with Gasteiger partial charge in [0.2, 0.25) is 0 Å². The first-order chi connectivity index (χ1) is 14.7. The van der Waals surface area contributed by atoms with Gasteiger partial charge in [-0.1, -0.05) is 24.3 Å². The number of carbonyl (C=O) groups is 1. The van der Waals surface area contributed by atoms with Gasteiger partial charge in [0.05, 0.1) is 28.4 Å². The molecule has 1 atom stereocenters. The molecule has 8 nitrogen and oxygen atoms in total. The number of anilines is 2. The van der Waals surface area contributed by atoms with Gasteiger partial charge in [0.1, 0.15) is 5.82 Å². The summed E-state index contributed by atoms with van der Waals surface area (Å²) < 4.78 is 21.7. The zero-order valence-electron chi connectivity index (χ0n) is 17.4. The molecule has 0 fully saturated rings. The van der Waals surface area contributed by atoms with Crippen LogP contribution in [-0.2, 0) is 21.7 Å². The zero-order chi connectivity index (χ0) is 22.4. The molecule has 1 heterocycles. The molecule has 31 heavy (non-hydrogen) atoms. The Hall–Kier alpha value is -3.14. The van der Waals surface area contributed by atoms with Crippen LogP contribution in [0.3, 0.4) is 0 Å². The highest BCUT2D eigenvalue weighted by molar-refractivity contribution is 7.78. The SMILES string of the molecule is CC(C)(C)ONc1ccccc1NC(=O)c1ccc(-c2ccnc(CS(=O)[O-])n2)cc1. The summed E-state index contributed by atoms with van der Waals surface area (Å²) in [7, 11) is 0. The molecule has 0 saturated carbocycles. The van der Waals surface area contributed by atoms with E-state index in [0.717, 1.165) is 5.56 Å². The van der Waals surface area contributed by atoms with Gasteiger partial charge in [0, 0.05) is 17.3 Å². The lowest BCUT2D eigenvalue weighted by atomic mass is 10.1. The molecule has 9 heteroatoms. The third-order valence-corrected chi connectivity index (χ3v) is 4.53. The van der Waals surface area contributed by atoms with E-state index in [1.165, 1.54) is 6.20 Å². The van der Waals surface area contributed by atoms with E-state index in [4.69, 9.17) is 4.84 Å². The number of nitrogens with zero attached hydrogens (tertiary/aromatic N) is 2. The van der Waals surface area contributed by atoms with Crippen molar-refractivity contribution in [1.82, 2.24) is 9.97 Å². The monoisotopic (exact) mass is 439 g/mol. The molecule has 0 aliphatic rings. The summed E-state index contributed by atoms with van der Waals surface area (Å²) >= 11 is -2.26. The van der Waals surface area contributed by atoms with Gasteiger partial charge in [-0.25, -0.2) is 9.97 Å². The molecule has 0 aliphatic heterocycles. The highest BCUT2D eigenvalue weighted by atomic mass is 32.2. The molecule has 3 aromatic rings. The lowest BCUT2D eigenvalue weighted by Crippen LogP contribution is -2.23. The maximum atomic E-state index is 12.7. The van der Waals surface area contributed by atoms with Crippen LogP contribution >= 0.6 is 0 Å². The summed E-state index contributed by atoms with van der Waals surface area (Å²) in [5.41, 5.74) is 5.52. The van der Waals surface area contributed by atoms with E-state index in [9.17, 15) is 13.6 Å². The van der Waals surface area contributed by atoms with Crippen molar-refractivity contribution < 1.29 is 18.4 Å². The molecule has 3 rings (SSSR count). The van der Waals surface area contributed by atoms with Gasteiger partial charge >= 0.3 is 0 Å². The first-order valence-electron chi connectivity index (χ1n) is 9.54. The second-order valence-corrected chi connectivity index (χ2v) is 8.60. The zero-order valence-corrected chi connectivity index (χ0v) is 18.2. The van der Waals surface area contributed by atoms with E-state index in [0.29, 0.717) is 22.6 Å². The van der Waals surface area contributed by atoms with Crippen LogP contribution in [0.5, 0.6) is 0 Å². The minimum Gasteiger partial charge on any atom is -0.772 e. The van der Waals surface area contributed by atoms with Crippen molar-refractivity contribution in [1.29, 1.82) is 0 Å². The molecule has 1 aromatic heterocycles. The molecule has 2 N–H and O–H groups in total. The van der Waals surface area contributed by atoms with Gasteiger partial charge in [0.25, 0.3) is 5.91 Å². The third kappa shape index (κ3) is 6.68. The molecular formula is C22H23N4O4S-. The van der Waals surface area contributed by atoms with Gasteiger partial charge < -0.3 is 9.87 Å². The van der Waals surface area contributed by atoms with Crippen molar-refractivity contribution in [3.05, 3.63) is 72.2 Å². The maximum Gasteiger partial charge on any atom is 0.255 e. The van der Waals surface area contributed by atoms with Gasteiger partial charge in [-0.05, 0) is 62.2 Å². The smallest absolute Gasteiger partial charge is 0.255 e. The van der Waals surface area contributed by atoms with Crippen LogP contribution in [0.1, 0.15) is 37.0 Å². The number of rotatable bonds is 7. The fourth-order valence-corrected chi connectivity index (χ4v) is 2.96. The van der Waals surface area contributed by atoms with E-state index < -0.39 is 16.7 Å². The van der Waals surface area contributed by atoms with E-state index >= 15 is 0 Å². The average Bonchev–Trinajstić information content (AvgIpc) is 2.72. The molecule has 0 saturated heterocycles. The number of para-hydroxylation sites is 2. The summed E-state index contributed by atoms with van der Waals surface area (Å²) in [6, 6.07) is 15.8. The van der Waals surface area contributed by atoms with Crippen molar-refractivity contribution in [3.8, 4) is 11.3 Å². The number of carbonyl (C=O) groups excluding carboxylic acids is 1. The Bertz CT molecular complexity index is 1080. The Morgan fingerprint density at radius 3 is 2.39 bits per heavy atom. The standard InChI is InChI=1S/C22H24N4O4S/c1-22(2,3)30-26-19-7-5-4-6-18(19)25-21(27)16-10-8-15(9-11-16)17-12-13-23-20(24-17)14-31(28)29/h4-13,26H,14H2,1-3H3,(H,25,27)(H,28,29)/p-1. The Kier molecular flexibility index (Phi) is 7.11. The van der Waals surface area contributed by atoms with Gasteiger partial charge in [0.15, 0.2) is 0 Å². The number of benzene rings is 2. The molecule has 0 bridgehead atoms. The third-order valence-electron chi connectivity index (χ3n) is 4.04. The van der Waals surface area contributed by atoms with Crippen molar-refractivity contribution in [2.75, 3.05) is 10.8 Å². The Balaban J connectivity index is 1.73. The summed E-state index contributed by atoms with van der Waals surface area (Å²) in [6.45, 7) is 5.76. The Morgan fingerprint density at radius 1 is 1.06 bits per heavy atom. The highest BCUT2D eigenvalue weighted by Gasteiger charge is 2.14. The highest BCUT2D eigenvalue weighted by Crippen LogP contribution is 2.24. The van der Waals surface area contributed by atoms with Crippen LogP contribution in [0.25, 0.3) is 11.3 Å². The van der Waals surface area contributed by atoms with Gasteiger partial charge in [-0.2, -0.15) is 0 Å². The summed E-state index contributed by atoms with van der Waals surface area (Å²) in [4.78, 5) is 26.5. The molecule has 0 radical (unpaired) electrons. The second-order valence-electron chi connectivity index (χ2n) is 7.70. The normalized spacial score (nSPS) is 12.3. The minimum absolute atomic E-state index is 0.217. The van der Waals surface area contributed by atoms with Crippen LogP contribution in [0, 0.1) is 0 Å². The number of hydrogen-bond acceptors (Lipinski definition) is 7. The predicted octanol–water partition coefficient (Wildman–Crippen LogP) is 3.92. The van der Waals surface area contributed by atoms with E-state index in [2.05, 4.69) is 20.8 Å². The average molecular weight is 440 g/mol. The second kappa shape index (κ2) is 9.78. The maximum absolute atomic E-state index is 12.7. The fraction of sp³-hybridized carbons (Fsp3) is 0.227. The quantitative estimate of drug-likeness (QED) is 0.423. The molecule has 2 aromatic carbocycles. The number of nitrogens with one attached hydrogen (secondary N) is 2. The minimum atomic E-state index is -2.26. The topological polar surface area (TPSA) is 116 Å².